The molecule has 2 heterocycles. The van der Waals surface area contributed by atoms with Gasteiger partial charge in [-0.2, -0.15) is 0 Å². The van der Waals surface area contributed by atoms with Gasteiger partial charge in [0.2, 0.25) is 0 Å². The monoisotopic (exact) mass is 539 g/mol. The number of nitrogens with zero attached hydrogens (tertiary/aromatic N) is 1. The number of hydrogen-bond donors (Lipinski definition) is 3. The molecule has 0 aliphatic carbocycles. The second kappa shape index (κ2) is 12.9. The van der Waals surface area contributed by atoms with Crippen molar-refractivity contribution in [2.45, 2.75) is 83.7 Å². The maximum atomic E-state index is 12.9. The molecule has 39 heavy (non-hydrogen) atoms. The minimum absolute atomic E-state index is 0.0160. The first-order valence-corrected chi connectivity index (χ1v) is 13.8. The quantitative estimate of drug-likeness (QED) is 0.418. The summed E-state index contributed by atoms with van der Waals surface area (Å²) in [5.41, 5.74) is 2.82. The largest absolute Gasteiger partial charge is 0.459 e. The third-order valence-corrected chi connectivity index (χ3v) is 6.87. The average molecular weight is 540 g/mol. The summed E-state index contributed by atoms with van der Waals surface area (Å²) in [5.74, 6) is -0.185. The van der Waals surface area contributed by atoms with Gasteiger partial charge in [0.15, 0.2) is 6.29 Å². The molecular weight excluding hydrogens is 498 g/mol. The summed E-state index contributed by atoms with van der Waals surface area (Å²) in [6.45, 7) is 9.46. The van der Waals surface area contributed by atoms with Crippen molar-refractivity contribution in [2.24, 2.45) is 0 Å². The topological polar surface area (TPSA) is 109 Å². The van der Waals surface area contributed by atoms with Gasteiger partial charge in [-0.05, 0) is 70.3 Å². The van der Waals surface area contributed by atoms with Gasteiger partial charge in [0.25, 0.3) is 0 Å². The number of anilines is 1. The molecule has 2 aliphatic rings. The minimum atomic E-state index is -0.618. The van der Waals surface area contributed by atoms with Crippen LogP contribution in [0.4, 0.5) is 10.5 Å². The number of benzene rings is 2. The van der Waals surface area contributed by atoms with Crippen molar-refractivity contribution in [3.8, 4) is 0 Å². The summed E-state index contributed by atoms with van der Waals surface area (Å²) in [4.78, 5) is 27.0. The predicted octanol–water partition coefficient (Wildman–Crippen LogP) is 4.67. The Hall–Kier alpha value is -2.98. The Kier molecular flexibility index (Phi) is 9.61. The van der Waals surface area contributed by atoms with Gasteiger partial charge in [-0.25, -0.2) is 4.79 Å². The van der Waals surface area contributed by atoms with Crippen LogP contribution in [-0.2, 0) is 25.6 Å². The fourth-order valence-electron chi connectivity index (χ4n) is 5.04. The van der Waals surface area contributed by atoms with Crippen LogP contribution in [0.3, 0.4) is 0 Å². The van der Waals surface area contributed by atoms with Crippen LogP contribution in [0.1, 0.15) is 76.0 Å². The molecule has 9 heteroatoms. The second-order valence-corrected chi connectivity index (χ2v) is 11.1. The smallest absolute Gasteiger partial charge is 0.323 e. The number of aliphatic hydroxyl groups is 1. The Morgan fingerprint density at radius 1 is 1.05 bits per heavy atom. The number of nitrogens with one attached hydrogen (secondary N) is 2. The van der Waals surface area contributed by atoms with E-state index in [1.807, 2.05) is 76.2 Å². The first-order valence-electron chi connectivity index (χ1n) is 13.8. The molecule has 9 nitrogen and oxygen atoms in total. The molecule has 0 saturated carbocycles. The van der Waals surface area contributed by atoms with Crippen molar-refractivity contribution in [1.82, 2.24) is 10.2 Å². The fourth-order valence-corrected chi connectivity index (χ4v) is 5.04. The van der Waals surface area contributed by atoms with Gasteiger partial charge >= 0.3 is 12.0 Å². The van der Waals surface area contributed by atoms with Crippen molar-refractivity contribution in [3.63, 3.8) is 0 Å². The first-order chi connectivity index (χ1) is 18.6. The lowest BCUT2D eigenvalue weighted by molar-refractivity contribution is -0.253. The number of hydrogen-bond acceptors (Lipinski definition) is 7. The van der Waals surface area contributed by atoms with Gasteiger partial charge in [0.1, 0.15) is 11.6 Å². The number of aliphatic hydroxyl groups excluding tert-OH is 1. The third-order valence-electron chi connectivity index (χ3n) is 6.87. The SMILES string of the molecule is CCNC(=O)Nc1ccc([C@H]2O[C@@H](CN3CCC[C@H]3C(=O)OC(C)(C)C)C[C@@H](c3ccc(CO)cc3)O2)cc1. The van der Waals surface area contributed by atoms with Crippen LogP contribution in [-0.4, -0.2) is 59.4 Å². The number of likely N-dealkylation sites (tertiary alicyclic amines) is 1. The highest BCUT2D eigenvalue weighted by molar-refractivity contribution is 5.89. The Morgan fingerprint density at radius 3 is 2.38 bits per heavy atom. The van der Waals surface area contributed by atoms with E-state index in [1.54, 1.807) is 0 Å². The van der Waals surface area contributed by atoms with Crippen molar-refractivity contribution < 1.29 is 28.9 Å². The number of carbonyl (C=O) groups excluding carboxylic acids is 2. The molecule has 3 N–H and O–H groups in total. The van der Waals surface area contributed by atoms with Crippen LogP contribution >= 0.6 is 0 Å². The summed E-state index contributed by atoms with van der Waals surface area (Å²) >= 11 is 0. The van der Waals surface area contributed by atoms with Crippen molar-refractivity contribution in [3.05, 3.63) is 65.2 Å². The highest BCUT2D eigenvalue weighted by Crippen LogP contribution is 2.39. The van der Waals surface area contributed by atoms with Gasteiger partial charge in [-0.15, -0.1) is 0 Å². The highest BCUT2D eigenvalue weighted by Gasteiger charge is 2.38. The zero-order valence-electron chi connectivity index (χ0n) is 23.3. The fraction of sp³-hybridized carbons (Fsp3) is 0.533. The van der Waals surface area contributed by atoms with E-state index in [-0.39, 0.29) is 36.9 Å². The van der Waals surface area contributed by atoms with Crippen LogP contribution < -0.4 is 10.6 Å². The molecule has 2 saturated heterocycles. The summed E-state index contributed by atoms with van der Waals surface area (Å²) in [6, 6.07) is 14.7. The normalized spacial score (nSPS) is 23.8. The number of esters is 1. The molecule has 2 amide bonds. The van der Waals surface area contributed by atoms with E-state index < -0.39 is 11.9 Å². The van der Waals surface area contributed by atoms with E-state index in [4.69, 9.17) is 14.2 Å². The van der Waals surface area contributed by atoms with E-state index in [9.17, 15) is 14.7 Å². The van der Waals surface area contributed by atoms with Gasteiger partial charge in [0, 0.05) is 30.8 Å². The van der Waals surface area contributed by atoms with Gasteiger partial charge < -0.3 is 30.0 Å². The lowest BCUT2D eigenvalue weighted by Crippen LogP contribution is -2.45. The van der Waals surface area contributed by atoms with Crippen molar-refractivity contribution in [1.29, 1.82) is 0 Å². The second-order valence-electron chi connectivity index (χ2n) is 11.1. The molecule has 0 radical (unpaired) electrons. The molecule has 4 atom stereocenters. The third kappa shape index (κ3) is 8.02. The number of amides is 2. The van der Waals surface area contributed by atoms with Crippen LogP contribution in [0, 0.1) is 0 Å². The lowest BCUT2D eigenvalue weighted by atomic mass is 9.99. The van der Waals surface area contributed by atoms with E-state index in [0.717, 1.165) is 36.1 Å². The molecular formula is C30H41N3O6. The van der Waals surface area contributed by atoms with Crippen LogP contribution in [0.2, 0.25) is 0 Å². The Morgan fingerprint density at radius 2 is 1.74 bits per heavy atom. The van der Waals surface area contributed by atoms with E-state index in [0.29, 0.717) is 25.2 Å². The summed E-state index contributed by atoms with van der Waals surface area (Å²) in [6.07, 6.45) is 1.31. The Bertz CT molecular complexity index is 1100. The van der Waals surface area contributed by atoms with Crippen LogP contribution in [0.25, 0.3) is 0 Å². The number of rotatable bonds is 8. The van der Waals surface area contributed by atoms with Crippen molar-refractivity contribution >= 4 is 17.7 Å². The standard InChI is InChI=1S/C30H41N3O6/c1-5-31-29(36)32-23-14-12-22(13-15-23)28-37-24(17-26(38-28)21-10-8-20(19-34)9-11-21)18-33-16-6-7-25(33)27(35)39-30(2,3)4/h8-15,24-26,28,34H,5-7,16-19H2,1-4H3,(H2,31,32,36)/t24-,25+,26+,28+/m1/s1. The first kappa shape index (κ1) is 29.0. The number of carbonyl (C=O) groups is 2. The number of urea groups is 1. The van der Waals surface area contributed by atoms with E-state index in [1.165, 1.54) is 0 Å². The molecule has 2 aliphatic heterocycles. The zero-order chi connectivity index (χ0) is 28.0. The maximum absolute atomic E-state index is 12.9. The lowest BCUT2D eigenvalue weighted by Gasteiger charge is -2.38. The van der Waals surface area contributed by atoms with E-state index >= 15 is 0 Å². The molecule has 0 aromatic heterocycles. The Labute approximate surface area is 230 Å². The maximum Gasteiger partial charge on any atom is 0.323 e. The Balaban J connectivity index is 1.51. The summed E-state index contributed by atoms with van der Waals surface area (Å²) < 4.78 is 18.6. The summed E-state index contributed by atoms with van der Waals surface area (Å²) in [7, 11) is 0. The minimum Gasteiger partial charge on any atom is -0.459 e. The molecule has 2 aromatic rings. The molecule has 212 valence electrons. The van der Waals surface area contributed by atoms with Crippen LogP contribution in [0.15, 0.2) is 48.5 Å². The van der Waals surface area contributed by atoms with Gasteiger partial charge in [0.05, 0.1) is 18.8 Å². The molecule has 4 rings (SSSR count). The average Bonchev–Trinajstić information content (AvgIpc) is 3.36. The zero-order valence-corrected chi connectivity index (χ0v) is 23.3. The number of ether oxygens (including phenoxy) is 3. The van der Waals surface area contributed by atoms with E-state index in [2.05, 4.69) is 15.5 Å². The summed E-state index contributed by atoms with van der Waals surface area (Å²) in [5, 5.41) is 15.0. The molecule has 0 spiro atoms. The van der Waals surface area contributed by atoms with Gasteiger partial charge in [-0.1, -0.05) is 36.4 Å². The predicted molar refractivity (Wildman–Crippen MR) is 148 cm³/mol. The van der Waals surface area contributed by atoms with Gasteiger partial charge in [-0.3, -0.25) is 9.69 Å². The molecule has 2 fully saturated rings. The molecule has 0 bridgehead atoms. The molecule has 2 aromatic carbocycles. The van der Waals surface area contributed by atoms with Crippen molar-refractivity contribution in [2.75, 3.05) is 25.0 Å². The molecule has 0 unspecified atom stereocenters. The highest BCUT2D eigenvalue weighted by atomic mass is 16.7. The van der Waals surface area contributed by atoms with Crippen LogP contribution in [0.5, 0.6) is 0 Å².